The number of aryl methyl sites for hydroxylation is 2. The first-order valence-electron chi connectivity index (χ1n) is 9.44. The predicted octanol–water partition coefficient (Wildman–Crippen LogP) is 4.04. The summed E-state index contributed by atoms with van der Waals surface area (Å²) in [6, 6.07) is 16.6. The van der Waals surface area contributed by atoms with Gasteiger partial charge >= 0.3 is 5.97 Å². The van der Waals surface area contributed by atoms with Gasteiger partial charge < -0.3 is 15.0 Å². The summed E-state index contributed by atoms with van der Waals surface area (Å²) >= 11 is 0. The van der Waals surface area contributed by atoms with Crippen LogP contribution in [0.4, 0.5) is 5.82 Å². The fourth-order valence-electron chi connectivity index (χ4n) is 2.98. The van der Waals surface area contributed by atoms with Crippen molar-refractivity contribution >= 4 is 28.7 Å². The number of nitrogens with zero attached hydrogens (tertiary/aromatic N) is 2. The SMILES string of the molecule is Cc1ccc(-c2nc3ccc(C(=O)OCC(=O)Nc4cc(C)ccn4)cc3[nH]2)cc1. The van der Waals surface area contributed by atoms with Gasteiger partial charge in [0.2, 0.25) is 0 Å². The lowest BCUT2D eigenvalue weighted by Gasteiger charge is -2.06. The van der Waals surface area contributed by atoms with Crippen LogP contribution in [0, 0.1) is 13.8 Å². The Balaban J connectivity index is 1.43. The Morgan fingerprint density at radius 1 is 1.00 bits per heavy atom. The normalized spacial score (nSPS) is 10.7. The zero-order chi connectivity index (χ0) is 21.1. The Bertz CT molecular complexity index is 1230. The molecule has 0 radical (unpaired) electrons. The lowest BCUT2D eigenvalue weighted by atomic mass is 10.1. The van der Waals surface area contributed by atoms with Crippen molar-refractivity contribution in [3.63, 3.8) is 0 Å². The van der Waals surface area contributed by atoms with E-state index in [2.05, 4.69) is 20.3 Å². The third-order valence-corrected chi connectivity index (χ3v) is 4.56. The molecule has 0 aliphatic heterocycles. The molecule has 4 aromatic rings. The summed E-state index contributed by atoms with van der Waals surface area (Å²) in [5, 5.41) is 2.60. The fourth-order valence-corrected chi connectivity index (χ4v) is 2.98. The number of esters is 1. The van der Waals surface area contributed by atoms with Gasteiger partial charge in [0.25, 0.3) is 5.91 Å². The van der Waals surface area contributed by atoms with E-state index in [4.69, 9.17) is 4.74 Å². The van der Waals surface area contributed by atoms with E-state index in [1.165, 1.54) is 5.56 Å². The largest absolute Gasteiger partial charge is 0.452 e. The minimum absolute atomic E-state index is 0.336. The molecule has 0 atom stereocenters. The van der Waals surface area contributed by atoms with Crippen molar-refractivity contribution in [1.82, 2.24) is 15.0 Å². The number of aromatic amines is 1. The summed E-state index contributed by atoms with van der Waals surface area (Å²) in [6.07, 6.45) is 1.60. The second-order valence-electron chi connectivity index (χ2n) is 7.03. The van der Waals surface area contributed by atoms with E-state index in [9.17, 15) is 9.59 Å². The molecule has 150 valence electrons. The number of rotatable bonds is 5. The van der Waals surface area contributed by atoms with Crippen LogP contribution in [-0.2, 0) is 9.53 Å². The number of nitrogens with one attached hydrogen (secondary N) is 2. The molecule has 2 aromatic heterocycles. The zero-order valence-corrected chi connectivity index (χ0v) is 16.6. The van der Waals surface area contributed by atoms with E-state index in [-0.39, 0.29) is 0 Å². The molecule has 0 aliphatic rings. The van der Waals surface area contributed by atoms with Crippen LogP contribution in [0.1, 0.15) is 21.5 Å². The Hall–Kier alpha value is -4.00. The number of aromatic nitrogens is 3. The van der Waals surface area contributed by atoms with E-state index in [0.717, 1.165) is 22.5 Å². The van der Waals surface area contributed by atoms with Crippen LogP contribution in [0.3, 0.4) is 0 Å². The van der Waals surface area contributed by atoms with E-state index >= 15 is 0 Å². The Morgan fingerprint density at radius 2 is 1.80 bits per heavy atom. The summed E-state index contributed by atoms with van der Waals surface area (Å²) < 4.78 is 5.13. The number of fused-ring (bicyclic) bond motifs is 1. The molecule has 2 heterocycles. The third-order valence-electron chi connectivity index (χ3n) is 4.56. The Kier molecular flexibility index (Phi) is 5.26. The minimum Gasteiger partial charge on any atom is -0.452 e. The summed E-state index contributed by atoms with van der Waals surface area (Å²) in [5.41, 5.74) is 4.89. The Morgan fingerprint density at radius 3 is 2.57 bits per heavy atom. The van der Waals surface area contributed by atoms with Crippen molar-refractivity contribution in [1.29, 1.82) is 0 Å². The van der Waals surface area contributed by atoms with Crippen LogP contribution in [0.25, 0.3) is 22.4 Å². The van der Waals surface area contributed by atoms with Crippen molar-refractivity contribution in [3.05, 3.63) is 77.5 Å². The van der Waals surface area contributed by atoms with Gasteiger partial charge in [-0.1, -0.05) is 29.8 Å². The molecule has 0 unspecified atom stereocenters. The van der Waals surface area contributed by atoms with Gasteiger partial charge in [0.05, 0.1) is 16.6 Å². The maximum atomic E-state index is 12.4. The van der Waals surface area contributed by atoms with Crippen LogP contribution in [-0.4, -0.2) is 33.4 Å². The molecular formula is C23H20N4O3. The fraction of sp³-hybridized carbons (Fsp3) is 0.130. The number of carbonyl (C=O) groups excluding carboxylic acids is 2. The molecule has 2 N–H and O–H groups in total. The first kappa shape index (κ1) is 19.3. The molecule has 1 amide bonds. The lowest BCUT2D eigenvalue weighted by Crippen LogP contribution is -2.21. The maximum Gasteiger partial charge on any atom is 0.338 e. The van der Waals surface area contributed by atoms with Gasteiger partial charge in [0.1, 0.15) is 11.6 Å². The molecule has 7 heteroatoms. The highest BCUT2D eigenvalue weighted by atomic mass is 16.5. The second-order valence-corrected chi connectivity index (χ2v) is 7.03. The highest BCUT2D eigenvalue weighted by Gasteiger charge is 2.13. The Labute approximate surface area is 173 Å². The molecule has 2 aromatic carbocycles. The summed E-state index contributed by atoms with van der Waals surface area (Å²) in [4.78, 5) is 36.2. The number of benzene rings is 2. The van der Waals surface area contributed by atoms with Gasteiger partial charge in [-0.2, -0.15) is 0 Å². The van der Waals surface area contributed by atoms with Gasteiger partial charge in [-0.15, -0.1) is 0 Å². The van der Waals surface area contributed by atoms with Crippen molar-refractivity contribution < 1.29 is 14.3 Å². The smallest absolute Gasteiger partial charge is 0.338 e. The number of ether oxygens (including phenoxy) is 1. The van der Waals surface area contributed by atoms with Crippen molar-refractivity contribution in [2.75, 3.05) is 11.9 Å². The number of hydrogen-bond acceptors (Lipinski definition) is 5. The number of anilines is 1. The average molecular weight is 400 g/mol. The quantitative estimate of drug-likeness (QED) is 0.493. The van der Waals surface area contributed by atoms with Crippen molar-refractivity contribution in [3.8, 4) is 11.4 Å². The van der Waals surface area contributed by atoms with E-state index in [1.54, 1.807) is 30.5 Å². The molecule has 0 spiro atoms. The monoisotopic (exact) mass is 400 g/mol. The first-order valence-corrected chi connectivity index (χ1v) is 9.44. The van der Waals surface area contributed by atoms with Gasteiger partial charge in [0, 0.05) is 11.8 Å². The molecule has 30 heavy (non-hydrogen) atoms. The molecule has 4 rings (SSSR count). The molecule has 0 saturated heterocycles. The number of imidazole rings is 1. The molecule has 0 bridgehead atoms. The number of amides is 1. The number of H-pyrrole nitrogens is 1. The van der Waals surface area contributed by atoms with E-state index in [1.807, 2.05) is 44.2 Å². The first-order chi connectivity index (χ1) is 14.5. The maximum absolute atomic E-state index is 12.4. The summed E-state index contributed by atoms with van der Waals surface area (Å²) in [6.45, 7) is 3.52. The van der Waals surface area contributed by atoms with E-state index in [0.29, 0.717) is 16.9 Å². The molecule has 0 saturated carbocycles. The number of pyridine rings is 1. The zero-order valence-electron chi connectivity index (χ0n) is 16.6. The van der Waals surface area contributed by atoms with Gasteiger partial charge in [-0.05, 0) is 49.7 Å². The molecule has 0 aliphatic carbocycles. The number of hydrogen-bond donors (Lipinski definition) is 2. The predicted molar refractivity (Wildman–Crippen MR) is 114 cm³/mol. The highest BCUT2D eigenvalue weighted by molar-refractivity contribution is 5.97. The van der Waals surface area contributed by atoms with Gasteiger partial charge in [-0.25, -0.2) is 14.8 Å². The standard InChI is InChI=1S/C23H20N4O3/c1-14-3-5-16(6-4-14)22-25-18-8-7-17(12-19(18)26-22)23(29)30-13-21(28)27-20-11-15(2)9-10-24-20/h3-12H,13H2,1-2H3,(H,25,26)(H,24,27,28). The van der Waals surface area contributed by atoms with E-state index < -0.39 is 18.5 Å². The van der Waals surface area contributed by atoms with Crippen molar-refractivity contribution in [2.24, 2.45) is 0 Å². The van der Waals surface area contributed by atoms with Gasteiger partial charge in [0.15, 0.2) is 6.61 Å². The molecular weight excluding hydrogens is 380 g/mol. The van der Waals surface area contributed by atoms with Gasteiger partial charge in [-0.3, -0.25) is 4.79 Å². The van der Waals surface area contributed by atoms with Crippen LogP contribution in [0.5, 0.6) is 0 Å². The molecule has 0 fully saturated rings. The second kappa shape index (κ2) is 8.16. The van der Waals surface area contributed by atoms with Crippen LogP contribution < -0.4 is 5.32 Å². The minimum atomic E-state index is -0.587. The summed E-state index contributed by atoms with van der Waals surface area (Å²) in [5.74, 6) is 0.0978. The van der Waals surface area contributed by atoms with Crippen LogP contribution in [0.2, 0.25) is 0 Å². The summed E-state index contributed by atoms with van der Waals surface area (Å²) in [7, 11) is 0. The topological polar surface area (TPSA) is 97.0 Å². The number of carbonyl (C=O) groups is 2. The highest BCUT2D eigenvalue weighted by Crippen LogP contribution is 2.22. The van der Waals surface area contributed by atoms with Crippen LogP contribution >= 0.6 is 0 Å². The third kappa shape index (κ3) is 4.35. The molecule has 7 nitrogen and oxygen atoms in total. The average Bonchev–Trinajstić information content (AvgIpc) is 3.16. The lowest BCUT2D eigenvalue weighted by molar-refractivity contribution is -0.119. The van der Waals surface area contributed by atoms with Crippen molar-refractivity contribution in [2.45, 2.75) is 13.8 Å². The van der Waals surface area contributed by atoms with Crippen LogP contribution in [0.15, 0.2) is 60.8 Å².